The molecule has 0 radical (unpaired) electrons. The van der Waals surface area contributed by atoms with Gasteiger partial charge in [0, 0.05) is 23.4 Å². The molecule has 0 aliphatic carbocycles. The Morgan fingerprint density at radius 2 is 1.90 bits per heavy atom. The minimum Gasteiger partial charge on any atom is -0.373 e. The molecule has 1 heterocycles. The Morgan fingerprint density at radius 3 is 2.50 bits per heavy atom. The number of aromatic nitrogens is 2. The summed E-state index contributed by atoms with van der Waals surface area (Å²) in [7, 11) is 1.88. The van der Waals surface area contributed by atoms with Gasteiger partial charge in [-0.3, -0.25) is 0 Å². The van der Waals surface area contributed by atoms with Crippen LogP contribution in [-0.2, 0) is 0 Å². The Bertz CT molecular complexity index is 614. The summed E-state index contributed by atoms with van der Waals surface area (Å²) in [5, 5.41) is 4.82. The molecule has 0 unspecified atom stereocenters. The molecule has 0 saturated heterocycles. The maximum atomic E-state index is 6.22. The van der Waals surface area contributed by atoms with Crippen LogP contribution < -0.4 is 5.32 Å². The predicted octanol–water partition coefficient (Wildman–Crippen LogP) is 4.75. The van der Waals surface area contributed by atoms with E-state index in [2.05, 4.69) is 29.1 Å². The number of hydrogen-bond acceptors (Lipinski definition) is 4. The highest BCUT2D eigenvalue weighted by atomic mass is 35.5. The fourth-order valence-electron chi connectivity index (χ4n) is 1.75. The van der Waals surface area contributed by atoms with Gasteiger partial charge in [0.15, 0.2) is 0 Å². The molecule has 0 atom stereocenters. The lowest BCUT2D eigenvalue weighted by Gasteiger charge is -2.13. The van der Waals surface area contributed by atoms with Gasteiger partial charge in [-0.2, -0.15) is 0 Å². The van der Waals surface area contributed by atoms with Crippen molar-refractivity contribution in [3.8, 4) is 0 Å². The summed E-state index contributed by atoms with van der Waals surface area (Å²) in [5.41, 5.74) is 1.04. The third-order valence-corrected chi connectivity index (χ3v) is 4.52. The van der Waals surface area contributed by atoms with Crippen LogP contribution in [0.25, 0.3) is 0 Å². The lowest BCUT2D eigenvalue weighted by Crippen LogP contribution is -2.06. The van der Waals surface area contributed by atoms with Crippen molar-refractivity contribution in [3.05, 3.63) is 40.7 Å². The number of anilines is 1. The van der Waals surface area contributed by atoms with Crippen molar-refractivity contribution < 1.29 is 0 Å². The lowest BCUT2D eigenvalue weighted by atomic mass is 10.2. The highest BCUT2D eigenvalue weighted by Gasteiger charge is 2.14. The van der Waals surface area contributed by atoms with E-state index >= 15 is 0 Å². The Balaban J connectivity index is 2.45. The predicted molar refractivity (Wildman–Crippen MR) is 86.0 cm³/mol. The molecule has 1 aromatic heterocycles. The number of halogens is 1. The maximum Gasteiger partial charge on any atom is 0.134 e. The van der Waals surface area contributed by atoms with Gasteiger partial charge < -0.3 is 5.32 Å². The van der Waals surface area contributed by atoms with E-state index < -0.39 is 0 Å². The molecule has 2 aromatic rings. The molecular weight excluding hydrogens is 290 g/mol. The maximum absolute atomic E-state index is 6.22. The van der Waals surface area contributed by atoms with Crippen molar-refractivity contribution in [1.82, 2.24) is 9.97 Å². The first kappa shape index (κ1) is 15.1. The standard InChI is InChI=1S/C15H18ClN3S/c1-9(2)13-18-14(17-4)10(3)15(19-13)20-12-8-6-5-7-11(12)16/h5-9H,1-4H3,(H,17,18,19). The Kier molecular flexibility index (Phi) is 4.89. The third kappa shape index (κ3) is 3.25. The number of benzene rings is 1. The van der Waals surface area contributed by atoms with Crippen molar-refractivity contribution >= 4 is 29.2 Å². The zero-order valence-electron chi connectivity index (χ0n) is 12.1. The van der Waals surface area contributed by atoms with Crippen molar-refractivity contribution in [2.24, 2.45) is 0 Å². The van der Waals surface area contributed by atoms with E-state index in [1.54, 1.807) is 11.8 Å². The Labute approximate surface area is 129 Å². The molecule has 0 aliphatic rings. The summed E-state index contributed by atoms with van der Waals surface area (Å²) >= 11 is 7.80. The van der Waals surface area contributed by atoms with Gasteiger partial charge in [-0.25, -0.2) is 9.97 Å². The van der Waals surface area contributed by atoms with Gasteiger partial charge in [0.05, 0.1) is 5.02 Å². The highest BCUT2D eigenvalue weighted by Crippen LogP contribution is 2.35. The SMILES string of the molecule is CNc1nc(C(C)C)nc(Sc2ccccc2Cl)c1C. The number of nitrogens with one attached hydrogen (secondary N) is 1. The van der Waals surface area contributed by atoms with E-state index in [-0.39, 0.29) is 5.92 Å². The summed E-state index contributed by atoms with van der Waals surface area (Å²) in [4.78, 5) is 10.2. The Morgan fingerprint density at radius 1 is 1.20 bits per heavy atom. The van der Waals surface area contributed by atoms with Gasteiger partial charge in [-0.15, -0.1) is 0 Å². The molecule has 0 fully saturated rings. The summed E-state index contributed by atoms with van der Waals surface area (Å²) in [6.07, 6.45) is 0. The van der Waals surface area contributed by atoms with Crippen LogP contribution in [0.5, 0.6) is 0 Å². The number of nitrogens with zero attached hydrogens (tertiary/aromatic N) is 2. The first-order chi connectivity index (χ1) is 9.52. The first-order valence-corrected chi connectivity index (χ1v) is 7.71. The van der Waals surface area contributed by atoms with Crippen LogP contribution in [0.3, 0.4) is 0 Å². The van der Waals surface area contributed by atoms with Crippen molar-refractivity contribution in [2.45, 2.75) is 36.6 Å². The molecule has 0 saturated carbocycles. The van der Waals surface area contributed by atoms with Gasteiger partial charge in [-0.05, 0) is 19.1 Å². The monoisotopic (exact) mass is 307 g/mol. The van der Waals surface area contributed by atoms with Gasteiger partial charge in [0.25, 0.3) is 0 Å². The molecule has 0 amide bonds. The quantitative estimate of drug-likeness (QED) is 0.827. The second kappa shape index (κ2) is 6.46. The Hall–Kier alpha value is -1.26. The van der Waals surface area contributed by atoms with Gasteiger partial charge in [0.1, 0.15) is 16.7 Å². The zero-order chi connectivity index (χ0) is 14.7. The molecule has 2 rings (SSSR count). The van der Waals surface area contributed by atoms with Gasteiger partial charge in [0.2, 0.25) is 0 Å². The van der Waals surface area contributed by atoms with Gasteiger partial charge >= 0.3 is 0 Å². The molecule has 0 spiro atoms. The summed E-state index contributed by atoms with van der Waals surface area (Å²) < 4.78 is 0. The minimum absolute atomic E-state index is 0.285. The molecule has 0 bridgehead atoms. The van der Waals surface area contributed by atoms with Crippen LogP contribution in [0.15, 0.2) is 34.2 Å². The molecule has 1 aromatic carbocycles. The van der Waals surface area contributed by atoms with Crippen molar-refractivity contribution in [3.63, 3.8) is 0 Å². The molecule has 106 valence electrons. The summed E-state index contributed by atoms with van der Waals surface area (Å²) in [6, 6.07) is 7.80. The first-order valence-electron chi connectivity index (χ1n) is 6.51. The number of rotatable bonds is 4. The molecule has 20 heavy (non-hydrogen) atoms. The molecule has 1 N–H and O–H groups in total. The lowest BCUT2D eigenvalue weighted by molar-refractivity contribution is 0.750. The molecule has 3 nitrogen and oxygen atoms in total. The summed E-state index contributed by atoms with van der Waals surface area (Å²) in [5.74, 6) is 2.00. The van der Waals surface area contributed by atoms with Gasteiger partial charge in [-0.1, -0.05) is 49.3 Å². The van der Waals surface area contributed by atoms with Crippen LogP contribution in [-0.4, -0.2) is 17.0 Å². The van der Waals surface area contributed by atoms with E-state index in [1.165, 1.54) is 0 Å². The van der Waals surface area contributed by atoms with Crippen molar-refractivity contribution in [2.75, 3.05) is 12.4 Å². The second-order valence-corrected chi connectivity index (χ2v) is 6.24. The van der Waals surface area contributed by atoms with E-state index in [1.807, 2.05) is 38.2 Å². The average molecular weight is 308 g/mol. The zero-order valence-corrected chi connectivity index (χ0v) is 13.6. The number of hydrogen-bond donors (Lipinski definition) is 1. The topological polar surface area (TPSA) is 37.8 Å². The largest absolute Gasteiger partial charge is 0.373 e. The van der Waals surface area contributed by atoms with E-state index in [0.717, 1.165) is 32.1 Å². The van der Waals surface area contributed by atoms with Crippen LogP contribution in [0.2, 0.25) is 5.02 Å². The van der Waals surface area contributed by atoms with Crippen LogP contribution in [0, 0.1) is 6.92 Å². The van der Waals surface area contributed by atoms with E-state index in [0.29, 0.717) is 0 Å². The van der Waals surface area contributed by atoms with Crippen LogP contribution >= 0.6 is 23.4 Å². The summed E-state index contributed by atoms with van der Waals surface area (Å²) in [6.45, 7) is 6.21. The van der Waals surface area contributed by atoms with E-state index in [4.69, 9.17) is 11.6 Å². The van der Waals surface area contributed by atoms with E-state index in [9.17, 15) is 0 Å². The third-order valence-electron chi connectivity index (χ3n) is 2.91. The van der Waals surface area contributed by atoms with Crippen molar-refractivity contribution in [1.29, 1.82) is 0 Å². The second-order valence-electron chi connectivity index (χ2n) is 4.80. The average Bonchev–Trinajstić information content (AvgIpc) is 2.43. The fourth-order valence-corrected chi connectivity index (χ4v) is 2.91. The molecule has 0 aliphatic heterocycles. The smallest absolute Gasteiger partial charge is 0.134 e. The molecular formula is C15H18ClN3S. The van der Waals surface area contributed by atoms with Crippen LogP contribution in [0.4, 0.5) is 5.82 Å². The highest BCUT2D eigenvalue weighted by molar-refractivity contribution is 7.99. The molecule has 5 heteroatoms. The normalized spacial score (nSPS) is 10.9. The minimum atomic E-state index is 0.285. The fraction of sp³-hybridized carbons (Fsp3) is 0.333. The van der Waals surface area contributed by atoms with Crippen LogP contribution in [0.1, 0.15) is 31.2 Å².